The van der Waals surface area contributed by atoms with Crippen molar-refractivity contribution in [3.05, 3.63) is 53.3 Å². The lowest BCUT2D eigenvalue weighted by atomic mass is 9.82. The fourth-order valence-electron chi connectivity index (χ4n) is 3.87. The SMILES string of the molecule is COCCN1C(=O)CC[C@@H](C(=O)NCc2ccnn2C)[C@@H]1c1ccccc1C. The second-order valence-corrected chi connectivity index (χ2v) is 7.19. The summed E-state index contributed by atoms with van der Waals surface area (Å²) >= 11 is 0. The number of nitrogens with zero attached hydrogens (tertiary/aromatic N) is 3. The fraction of sp³-hybridized carbons (Fsp3) is 0.476. The number of aryl methyl sites for hydroxylation is 2. The Morgan fingerprint density at radius 2 is 2.11 bits per heavy atom. The highest BCUT2D eigenvalue weighted by Crippen LogP contribution is 2.38. The molecule has 0 spiro atoms. The van der Waals surface area contributed by atoms with Crippen molar-refractivity contribution in [3.63, 3.8) is 0 Å². The zero-order chi connectivity index (χ0) is 20.1. The van der Waals surface area contributed by atoms with E-state index < -0.39 is 0 Å². The van der Waals surface area contributed by atoms with Gasteiger partial charge in [-0.1, -0.05) is 24.3 Å². The highest BCUT2D eigenvalue weighted by molar-refractivity contribution is 5.85. The highest BCUT2D eigenvalue weighted by atomic mass is 16.5. The molecular formula is C21H28N4O3. The van der Waals surface area contributed by atoms with Crippen LogP contribution in [0.15, 0.2) is 36.5 Å². The third-order valence-electron chi connectivity index (χ3n) is 5.45. The first-order valence-corrected chi connectivity index (χ1v) is 9.61. The number of piperidine rings is 1. The molecule has 1 aliphatic heterocycles. The molecule has 0 bridgehead atoms. The van der Waals surface area contributed by atoms with Gasteiger partial charge in [0.05, 0.1) is 30.8 Å². The topological polar surface area (TPSA) is 76.5 Å². The summed E-state index contributed by atoms with van der Waals surface area (Å²) < 4.78 is 6.95. The van der Waals surface area contributed by atoms with E-state index in [2.05, 4.69) is 10.4 Å². The predicted octanol–water partition coefficient (Wildman–Crippen LogP) is 1.97. The zero-order valence-electron chi connectivity index (χ0n) is 16.7. The van der Waals surface area contributed by atoms with Gasteiger partial charge in [-0.2, -0.15) is 5.10 Å². The third kappa shape index (κ3) is 4.25. The predicted molar refractivity (Wildman–Crippen MR) is 105 cm³/mol. The van der Waals surface area contributed by atoms with Crippen LogP contribution in [0.1, 0.15) is 35.7 Å². The van der Waals surface area contributed by atoms with Gasteiger partial charge in [-0.25, -0.2) is 0 Å². The first kappa shape index (κ1) is 20.1. The molecule has 7 nitrogen and oxygen atoms in total. The Morgan fingerprint density at radius 1 is 1.32 bits per heavy atom. The maximum Gasteiger partial charge on any atom is 0.225 e. The smallest absolute Gasteiger partial charge is 0.225 e. The Balaban J connectivity index is 1.86. The molecule has 2 aromatic rings. The number of likely N-dealkylation sites (tertiary alicyclic amines) is 1. The van der Waals surface area contributed by atoms with Crippen molar-refractivity contribution in [1.29, 1.82) is 0 Å². The molecule has 1 aromatic heterocycles. The third-order valence-corrected chi connectivity index (χ3v) is 5.45. The first-order chi connectivity index (χ1) is 13.5. The number of carbonyl (C=O) groups is 2. The van der Waals surface area contributed by atoms with Gasteiger partial charge in [-0.3, -0.25) is 14.3 Å². The molecule has 2 amide bonds. The monoisotopic (exact) mass is 384 g/mol. The van der Waals surface area contributed by atoms with Crippen LogP contribution in [0.4, 0.5) is 0 Å². The van der Waals surface area contributed by atoms with Crippen molar-refractivity contribution < 1.29 is 14.3 Å². The Kier molecular flexibility index (Phi) is 6.46. The number of aromatic nitrogens is 2. The molecule has 1 aliphatic rings. The van der Waals surface area contributed by atoms with Gasteiger partial charge in [0.1, 0.15) is 0 Å². The summed E-state index contributed by atoms with van der Waals surface area (Å²) in [5, 5.41) is 7.17. The molecule has 2 atom stereocenters. The Morgan fingerprint density at radius 3 is 2.79 bits per heavy atom. The van der Waals surface area contributed by atoms with E-state index >= 15 is 0 Å². The van der Waals surface area contributed by atoms with E-state index in [1.165, 1.54) is 0 Å². The normalized spacial score (nSPS) is 19.7. The van der Waals surface area contributed by atoms with Gasteiger partial charge in [0, 0.05) is 33.3 Å². The van der Waals surface area contributed by atoms with E-state index in [1.807, 2.05) is 49.2 Å². The Labute approximate surface area is 165 Å². The van der Waals surface area contributed by atoms with Crippen molar-refractivity contribution in [3.8, 4) is 0 Å². The highest BCUT2D eigenvalue weighted by Gasteiger charge is 2.40. The summed E-state index contributed by atoms with van der Waals surface area (Å²) in [4.78, 5) is 27.6. The van der Waals surface area contributed by atoms with Crippen LogP contribution in [0.5, 0.6) is 0 Å². The van der Waals surface area contributed by atoms with Crippen LogP contribution in [0.2, 0.25) is 0 Å². The lowest BCUT2D eigenvalue weighted by Crippen LogP contribution is -2.49. The fourth-order valence-corrected chi connectivity index (χ4v) is 3.87. The largest absolute Gasteiger partial charge is 0.383 e. The summed E-state index contributed by atoms with van der Waals surface area (Å²) in [6, 6.07) is 9.56. The van der Waals surface area contributed by atoms with Crippen molar-refractivity contribution in [2.75, 3.05) is 20.3 Å². The maximum atomic E-state index is 13.1. The van der Waals surface area contributed by atoms with Crippen molar-refractivity contribution in [2.24, 2.45) is 13.0 Å². The van der Waals surface area contributed by atoms with Gasteiger partial charge in [-0.15, -0.1) is 0 Å². The van der Waals surface area contributed by atoms with Crippen LogP contribution in [0.3, 0.4) is 0 Å². The number of carbonyl (C=O) groups excluding carboxylic acids is 2. The molecule has 28 heavy (non-hydrogen) atoms. The molecule has 0 radical (unpaired) electrons. The zero-order valence-corrected chi connectivity index (χ0v) is 16.7. The second kappa shape index (κ2) is 9.01. The van der Waals surface area contributed by atoms with E-state index in [1.54, 1.807) is 18.0 Å². The standard InChI is InChI=1S/C21H28N4O3/c1-15-6-4-5-7-17(15)20-18(8-9-19(26)25(20)12-13-28-3)21(27)22-14-16-10-11-23-24(16)2/h4-7,10-11,18,20H,8-9,12-14H2,1-3H3,(H,22,27)/t18-,20+/m1/s1. The average Bonchev–Trinajstić information content (AvgIpc) is 3.10. The van der Waals surface area contributed by atoms with Gasteiger partial charge in [-0.05, 0) is 30.5 Å². The van der Waals surface area contributed by atoms with Gasteiger partial charge in [0.2, 0.25) is 11.8 Å². The molecule has 0 aliphatic carbocycles. The van der Waals surface area contributed by atoms with Crippen LogP contribution in [0.25, 0.3) is 0 Å². The van der Waals surface area contributed by atoms with Crippen LogP contribution >= 0.6 is 0 Å². The summed E-state index contributed by atoms with van der Waals surface area (Å²) in [7, 11) is 3.47. The molecule has 150 valence electrons. The molecule has 1 saturated heterocycles. The number of methoxy groups -OCH3 is 1. The van der Waals surface area contributed by atoms with E-state index in [-0.39, 0.29) is 23.8 Å². The minimum absolute atomic E-state index is 0.0376. The van der Waals surface area contributed by atoms with Gasteiger partial charge in [0.15, 0.2) is 0 Å². The van der Waals surface area contributed by atoms with E-state index in [4.69, 9.17) is 4.74 Å². The number of ether oxygens (including phenoxy) is 1. The molecule has 1 aromatic carbocycles. The number of amides is 2. The second-order valence-electron chi connectivity index (χ2n) is 7.19. The lowest BCUT2D eigenvalue weighted by molar-refractivity contribution is -0.144. The molecule has 7 heteroatoms. The van der Waals surface area contributed by atoms with Gasteiger partial charge in [0.25, 0.3) is 0 Å². The van der Waals surface area contributed by atoms with Crippen LogP contribution in [0, 0.1) is 12.8 Å². The van der Waals surface area contributed by atoms with Crippen molar-refractivity contribution in [1.82, 2.24) is 20.0 Å². The molecule has 2 heterocycles. The minimum atomic E-state index is -0.302. The summed E-state index contributed by atoms with van der Waals surface area (Å²) in [5.74, 6) is -0.269. The van der Waals surface area contributed by atoms with Crippen molar-refractivity contribution >= 4 is 11.8 Å². The first-order valence-electron chi connectivity index (χ1n) is 9.61. The number of nitrogens with one attached hydrogen (secondary N) is 1. The summed E-state index contributed by atoms with van der Waals surface area (Å²) in [6.45, 7) is 3.35. The maximum absolute atomic E-state index is 13.1. The molecule has 1 fully saturated rings. The Hall–Kier alpha value is -2.67. The van der Waals surface area contributed by atoms with Crippen LogP contribution in [-0.2, 0) is 27.9 Å². The van der Waals surface area contributed by atoms with Gasteiger partial charge < -0.3 is 15.0 Å². The lowest BCUT2D eigenvalue weighted by Gasteiger charge is -2.41. The number of rotatable bonds is 7. The molecule has 0 saturated carbocycles. The molecule has 3 rings (SSSR count). The number of hydrogen-bond donors (Lipinski definition) is 1. The molecule has 1 N–H and O–H groups in total. The Bertz CT molecular complexity index is 833. The number of benzene rings is 1. The number of hydrogen-bond acceptors (Lipinski definition) is 4. The van der Waals surface area contributed by atoms with Crippen molar-refractivity contribution in [2.45, 2.75) is 32.4 Å². The van der Waals surface area contributed by atoms with E-state index in [9.17, 15) is 9.59 Å². The summed E-state index contributed by atoms with van der Waals surface area (Å²) in [5.41, 5.74) is 3.03. The van der Waals surface area contributed by atoms with Gasteiger partial charge >= 0.3 is 0 Å². The van der Waals surface area contributed by atoms with Crippen LogP contribution < -0.4 is 5.32 Å². The van der Waals surface area contributed by atoms with E-state index in [0.29, 0.717) is 32.5 Å². The quantitative estimate of drug-likeness (QED) is 0.792. The van der Waals surface area contributed by atoms with E-state index in [0.717, 1.165) is 16.8 Å². The summed E-state index contributed by atoms with van der Waals surface area (Å²) in [6.07, 6.45) is 2.62. The average molecular weight is 384 g/mol. The molecular weight excluding hydrogens is 356 g/mol. The molecule has 0 unspecified atom stereocenters. The minimum Gasteiger partial charge on any atom is -0.383 e. The van der Waals surface area contributed by atoms with Crippen LogP contribution in [-0.4, -0.2) is 46.8 Å².